The van der Waals surface area contributed by atoms with Crippen LogP contribution in [0.5, 0.6) is 0 Å². The van der Waals surface area contributed by atoms with Gasteiger partial charge in [0.2, 0.25) is 0 Å². The summed E-state index contributed by atoms with van der Waals surface area (Å²) >= 11 is 1.98. The van der Waals surface area contributed by atoms with E-state index >= 15 is 0 Å². The normalized spacial score (nSPS) is 21.4. The quantitative estimate of drug-likeness (QED) is 0.912. The number of hydrogen-bond donors (Lipinski definition) is 1. The Hall–Kier alpha value is -0.770. The van der Waals surface area contributed by atoms with Crippen LogP contribution < -0.4 is 5.56 Å². The maximum Gasteiger partial charge on any atom is 0.251 e. The molecule has 0 bridgehead atoms. The van der Waals surface area contributed by atoms with Gasteiger partial charge in [-0.15, -0.1) is 0 Å². The molecule has 110 valence electrons. The van der Waals surface area contributed by atoms with Crippen LogP contribution in [0, 0.1) is 0 Å². The lowest BCUT2D eigenvalue weighted by molar-refractivity contribution is 0.516. The summed E-state index contributed by atoms with van der Waals surface area (Å²) in [6.07, 6.45) is 11.7. The third kappa shape index (κ3) is 3.66. The first-order valence-electron chi connectivity index (χ1n) is 8.03. The monoisotopic (exact) mass is 292 g/mol. The maximum atomic E-state index is 11.8. The van der Waals surface area contributed by atoms with Crippen LogP contribution in [0.3, 0.4) is 0 Å². The molecular weight excluding hydrogens is 268 g/mol. The van der Waals surface area contributed by atoms with Gasteiger partial charge in [-0.1, -0.05) is 32.1 Å². The fraction of sp³-hybridized carbons (Fsp3) is 0.750. The average molecular weight is 292 g/mol. The standard InChI is InChI=1S/C16H24N2OS/c19-16-10-14(12-6-4-5-7-12)17-15(18-16)11-20-13-8-2-1-3-9-13/h10,12-13H,1-9,11H2,(H,17,18,19). The molecule has 0 saturated heterocycles. The van der Waals surface area contributed by atoms with Gasteiger partial charge in [-0.05, 0) is 25.7 Å². The number of H-pyrrole nitrogens is 1. The molecule has 20 heavy (non-hydrogen) atoms. The molecule has 0 aliphatic heterocycles. The molecule has 3 rings (SSSR count). The zero-order chi connectivity index (χ0) is 13.8. The van der Waals surface area contributed by atoms with Gasteiger partial charge in [-0.3, -0.25) is 4.79 Å². The van der Waals surface area contributed by atoms with Gasteiger partial charge >= 0.3 is 0 Å². The van der Waals surface area contributed by atoms with E-state index in [2.05, 4.69) is 4.98 Å². The summed E-state index contributed by atoms with van der Waals surface area (Å²) in [4.78, 5) is 19.5. The van der Waals surface area contributed by atoms with Crippen molar-refractivity contribution < 1.29 is 0 Å². The van der Waals surface area contributed by atoms with Gasteiger partial charge in [-0.2, -0.15) is 11.8 Å². The Balaban J connectivity index is 1.64. The van der Waals surface area contributed by atoms with Crippen molar-refractivity contribution in [3.63, 3.8) is 0 Å². The molecule has 0 unspecified atom stereocenters. The van der Waals surface area contributed by atoms with E-state index in [-0.39, 0.29) is 5.56 Å². The van der Waals surface area contributed by atoms with Crippen molar-refractivity contribution in [3.8, 4) is 0 Å². The summed E-state index contributed by atoms with van der Waals surface area (Å²) in [5.41, 5.74) is 1.06. The third-order valence-electron chi connectivity index (χ3n) is 4.59. The summed E-state index contributed by atoms with van der Waals surface area (Å²) in [6, 6.07) is 1.71. The molecule has 2 fully saturated rings. The van der Waals surface area contributed by atoms with Crippen molar-refractivity contribution in [2.45, 2.75) is 74.7 Å². The van der Waals surface area contributed by atoms with E-state index in [4.69, 9.17) is 4.98 Å². The molecule has 4 heteroatoms. The Morgan fingerprint density at radius 2 is 1.80 bits per heavy atom. The highest BCUT2D eigenvalue weighted by atomic mass is 32.2. The van der Waals surface area contributed by atoms with Gasteiger partial charge in [-0.25, -0.2) is 4.98 Å². The first kappa shape index (κ1) is 14.2. The van der Waals surface area contributed by atoms with Crippen molar-refractivity contribution in [3.05, 3.63) is 27.9 Å². The van der Waals surface area contributed by atoms with Crippen molar-refractivity contribution >= 4 is 11.8 Å². The largest absolute Gasteiger partial charge is 0.310 e. The van der Waals surface area contributed by atoms with Crippen LogP contribution >= 0.6 is 11.8 Å². The van der Waals surface area contributed by atoms with E-state index in [0.29, 0.717) is 5.92 Å². The highest BCUT2D eigenvalue weighted by Gasteiger charge is 2.20. The molecule has 2 aliphatic carbocycles. The Kier molecular flexibility index (Phi) is 4.81. The zero-order valence-electron chi connectivity index (χ0n) is 12.1. The van der Waals surface area contributed by atoms with Crippen molar-refractivity contribution in [1.29, 1.82) is 0 Å². The maximum absolute atomic E-state index is 11.8. The minimum Gasteiger partial charge on any atom is -0.310 e. The van der Waals surface area contributed by atoms with E-state index in [1.54, 1.807) is 6.07 Å². The van der Waals surface area contributed by atoms with Crippen LogP contribution in [0.15, 0.2) is 10.9 Å². The second-order valence-corrected chi connectivity index (χ2v) is 7.46. The van der Waals surface area contributed by atoms with Crippen molar-refractivity contribution in [2.24, 2.45) is 0 Å². The zero-order valence-corrected chi connectivity index (χ0v) is 12.9. The number of aromatic nitrogens is 2. The SMILES string of the molecule is O=c1cc(C2CCCC2)nc(CSC2CCCCC2)[nH]1. The van der Waals surface area contributed by atoms with Crippen LogP contribution in [0.25, 0.3) is 0 Å². The number of nitrogens with zero attached hydrogens (tertiary/aromatic N) is 1. The lowest BCUT2D eigenvalue weighted by atomic mass is 10.0. The molecule has 2 saturated carbocycles. The van der Waals surface area contributed by atoms with Crippen LogP contribution in [0.1, 0.15) is 75.2 Å². The van der Waals surface area contributed by atoms with E-state index in [1.807, 2.05) is 11.8 Å². The third-order valence-corrected chi connectivity index (χ3v) is 5.97. The summed E-state index contributed by atoms with van der Waals surface area (Å²) < 4.78 is 0. The molecule has 2 aliphatic rings. The number of thioether (sulfide) groups is 1. The summed E-state index contributed by atoms with van der Waals surface area (Å²) in [5, 5.41) is 0.768. The number of aromatic amines is 1. The van der Waals surface area contributed by atoms with E-state index in [0.717, 1.165) is 22.5 Å². The Morgan fingerprint density at radius 3 is 2.55 bits per heavy atom. The molecule has 0 atom stereocenters. The highest BCUT2D eigenvalue weighted by molar-refractivity contribution is 7.99. The molecule has 1 aromatic heterocycles. The fourth-order valence-corrected chi connectivity index (χ4v) is 4.65. The van der Waals surface area contributed by atoms with Crippen LogP contribution in [0.2, 0.25) is 0 Å². The molecule has 0 radical (unpaired) electrons. The van der Waals surface area contributed by atoms with Crippen molar-refractivity contribution in [2.75, 3.05) is 0 Å². The minimum atomic E-state index is 0.0288. The van der Waals surface area contributed by atoms with Gasteiger partial charge in [0.05, 0.1) is 11.4 Å². The van der Waals surface area contributed by atoms with Gasteiger partial charge in [0.15, 0.2) is 0 Å². The second kappa shape index (κ2) is 6.79. The molecule has 1 heterocycles. The Bertz CT molecular complexity index is 487. The lowest BCUT2D eigenvalue weighted by Crippen LogP contribution is -2.15. The first-order chi connectivity index (χ1) is 9.81. The van der Waals surface area contributed by atoms with Gasteiger partial charge in [0.25, 0.3) is 5.56 Å². The van der Waals surface area contributed by atoms with E-state index in [1.165, 1.54) is 57.8 Å². The fourth-order valence-electron chi connectivity index (χ4n) is 3.46. The van der Waals surface area contributed by atoms with Gasteiger partial charge in [0.1, 0.15) is 5.82 Å². The highest BCUT2D eigenvalue weighted by Crippen LogP contribution is 2.33. The molecule has 0 spiro atoms. The summed E-state index contributed by atoms with van der Waals surface area (Å²) in [6.45, 7) is 0. The first-order valence-corrected chi connectivity index (χ1v) is 9.08. The van der Waals surface area contributed by atoms with Crippen LogP contribution in [0.4, 0.5) is 0 Å². The number of hydrogen-bond acceptors (Lipinski definition) is 3. The van der Waals surface area contributed by atoms with Gasteiger partial charge < -0.3 is 4.98 Å². The molecular formula is C16H24N2OS. The predicted octanol–water partition coefficient (Wildman–Crippen LogP) is 3.99. The van der Waals surface area contributed by atoms with Crippen LogP contribution in [-0.2, 0) is 5.75 Å². The van der Waals surface area contributed by atoms with E-state index < -0.39 is 0 Å². The Labute approximate surface area is 125 Å². The molecule has 3 nitrogen and oxygen atoms in total. The Morgan fingerprint density at radius 1 is 1.10 bits per heavy atom. The molecule has 0 aromatic carbocycles. The number of rotatable bonds is 4. The predicted molar refractivity (Wildman–Crippen MR) is 84.2 cm³/mol. The van der Waals surface area contributed by atoms with Crippen LogP contribution in [-0.4, -0.2) is 15.2 Å². The topological polar surface area (TPSA) is 45.8 Å². The second-order valence-electron chi connectivity index (χ2n) is 6.17. The van der Waals surface area contributed by atoms with Gasteiger partial charge in [0, 0.05) is 17.2 Å². The molecule has 1 aromatic rings. The minimum absolute atomic E-state index is 0.0288. The molecule has 1 N–H and O–H groups in total. The summed E-state index contributed by atoms with van der Waals surface area (Å²) in [5.74, 6) is 2.27. The molecule has 0 amide bonds. The van der Waals surface area contributed by atoms with E-state index in [9.17, 15) is 4.79 Å². The lowest BCUT2D eigenvalue weighted by Gasteiger charge is -2.20. The summed E-state index contributed by atoms with van der Waals surface area (Å²) in [7, 11) is 0. The average Bonchev–Trinajstić information content (AvgIpc) is 3.00. The number of nitrogens with one attached hydrogen (secondary N) is 1. The van der Waals surface area contributed by atoms with Crippen molar-refractivity contribution in [1.82, 2.24) is 9.97 Å². The smallest absolute Gasteiger partial charge is 0.251 e.